The lowest BCUT2D eigenvalue weighted by Gasteiger charge is -2.36. The number of nitrogens with two attached hydrogens (primary N) is 2. The van der Waals surface area contributed by atoms with Gasteiger partial charge in [-0.2, -0.15) is 0 Å². The van der Waals surface area contributed by atoms with Gasteiger partial charge in [0.2, 0.25) is 0 Å². The van der Waals surface area contributed by atoms with Gasteiger partial charge in [-0.3, -0.25) is 0 Å². The number of rotatable bonds is 4. The van der Waals surface area contributed by atoms with Gasteiger partial charge in [-0.05, 0) is 40.0 Å². The van der Waals surface area contributed by atoms with Gasteiger partial charge in [-0.1, -0.05) is 13.3 Å². The second-order valence-corrected chi connectivity index (χ2v) is 6.60. The molecule has 1 fully saturated rings. The van der Waals surface area contributed by atoms with Gasteiger partial charge in [0.1, 0.15) is 5.60 Å². The minimum absolute atomic E-state index is 0.221. The Hall–Kier alpha value is -1.43. The molecule has 4 N–H and O–H groups in total. The predicted octanol–water partition coefficient (Wildman–Crippen LogP) is 2.16. The second kappa shape index (κ2) is 7.54. The molecule has 1 aliphatic heterocycles. The fraction of sp³-hybridized carbons (Fsp3) is 0.800. The first-order valence-electron chi connectivity index (χ1n) is 7.70. The van der Waals surface area contributed by atoms with Gasteiger partial charge in [0.25, 0.3) is 0 Å². The number of amides is 1. The number of ether oxygens (including phenoxy) is 1. The average molecular weight is 298 g/mol. The van der Waals surface area contributed by atoms with Crippen molar-refractivity contribution in [3.05, 3.63) is 11.9 Å². The Labute approximate surface area is 128 Å². The van der Waals surface area contributed by atoms with Crippen LogP contribution in [0.15, 0.2) is 11.9 Å². The van der Waals surface area contributed by atoms with E-state index in [1.807, 2.05) is 27.0 Å². The van der Waals surface area contributed by atoms with E-state index in [-0.39, 0.29) is 12.1 Å². The summed E-state index contributed by atoms with van der Waals surface area (Å²) in [6.45, 7) is 9.03. The quantitative estimate of drug-likeness (QED) is 0.613. The molecule has 1 rings (SSSR count). The Morgan fingerprint density at radius 2 is 1.95 bits per heavy atom. The molecule has 0 unspecified atom stereocenters. The Balaban J connectivity index is 2.45. The van der Waals surface area contributed by atoms with Crippen LogP contribution in [0, 0.1) is 0 Å². The van der Waals surface area contributed by atoms with Gasteiger partial charge in [0, 0.05) is 31.0 Å². The van der Waals surface area contributed by atoms with Crippen LogP contribution in [-0.2, 0) is 4.74 Å². The number of hydrogen-bond acceptors (Lipinski definition) is 5. The van der Waals surface area contributed by atoms with Crippen molar-refractivity contribution < 1.29 is 9.53 Å². The van der Waals surface area contributed by atoms with Crippen molar-refractivity contribution in [3.63, 3.8) is 0 Å². The lowest BCUT2D eigenvalue weighted by Crippen LogP contribution is -2.48. The summed E-state index contributed by atoms with van der Waals surface area (Å²) in [5.41, 5.74) is 6.24. The van der Waals surface area contributed by atoms with Crippen LogP contribution in [0.2, 0.25) is 0 Å². The zero-order chi connectivity index (χ0) is 16.0. The molecule has 0 bridgehead atoms. The number of carbonyl (C=O) groups excluding carboxylic acids is 1. The fourth-order valence-corrected chi connectivity index (χ4v) is 2.32. The Morgan fingerprint density at radius 3 is 2.43 bits per heavy atom. The van der Waals surface area contributed by atoms with Crippen LogP contribution in [0.3, 0.4) is 0 Å². The van der Waals surface area contributed by atoms with E-state index in [4.69, 9.17) is 16.3 Å². The first-order valence-corrected chi connectivity index (χ1v) is 7.70. The van der Waals surface area contributed by atoms with E-state index < -0.39 is 5.60 Å². The van der Waals surface area contributed by atoms with Crippen molar-refractivity contribution in [3.8, 4) is 0 Å². The molecule has 0 aromatic heterocycles. The summed E-state index contributed by atoms with van der Waals surface area (Å²) in [6.07, 6.45) is 5.08. The molecule has 21 heavy (non-hydrogen) atoms. The van der Waals surface area contributed by atoms with Crippen LogP contribution in [0.25, 0.3) is 0 Å². The van der Waals surface area contributed by atoms with E-state index in [1.165, 1.54) is 0 Å². The summed E-state index contributed by atoms with van der Waals surface area (Å²) in [6, 6.07) is 0.221. The maximum atomic E-state index is 12.0. The van der Waals surface area contributed by atoms with Crippen LogP contribution in [-0.4, -0.2) is 40.7 Å². The Kier molecular flexibility index (Phi) is 6.33. The molecule has 1 saturated heterocycles. The molecule has 1 heterocycles. The first kappa shape index (κ1) is 17.6. The molecule has 0 radical (unpaired) electrons. The molecule has 1 aliphatic rings. The fourth-order valence-electron chi connectivity index (χ4n) is 2.32. The van der Waals surface area contributed by atoms with Gasteiger partial charge in [-0.15, -0.1) is 0 Å². The van der Waals surface area contributed by atoms with Gasteiger partial charge >= 0.3 is 6.09 Å². The van der Waals surface area contributed by atoms with Crippen LogP contribution in [0.5, 0.6) is 0 Å². The third-order valence-corrected chi connectivity index (χ3v) is 3.39. The zero-order valence-corrected chi connectivity index (χ0v) is 13.8. The predicted molar refractivity (Wildman–Crippen MR) is 84.0 cm³/mol. The molecular weight excluding hydrogens is 268 g/mol. The van der Waals surface area contributed by atoms with Crippen LogP contribution < -0.4 is 11.6 Å². The van der Waals surface area contributed by atoms with E-state index in [9.17, 15) is 4.79 Å². The zero-order valence-electron chi connectivity index (χ0n) is 13.8. The standard InChI is InChI=1S/C15H30N4O2/c1-5-6-12(16)11-19(17)13-7-9-18(10-8-13)14(20)21-15(2,3)4/h11,13H,5-10,16-17H2,1-4H3/b12-11+. The molecule has 0 spiro atoms. The van der Waals surface area contributed by atoms with Crippen molar-refractivity contribution >= 4 is 6.09 Å². The number of nitrogens with zero attached hydrogens (tertiary/aromatic N) is 2. The van der Waals surface area contributed by atoms with Crippen molar-refractivity contribution in [2.24, 2.45) is 11.6 Å². The number of carbonyl (C=O) groups is 1. The van der Waals surface area contributed by atoms with Gasteiger partial charge in [0.05, 0.1) is 0 Å². The molecule has 6 nitrogen and oxygen atoms in total. The maximum absolute atomic E-state index is 12.0. The molecule has 0 aromatic rings. The average Bonchev–Trinajstić information content (AvgIpc) is 2.37. The van der Waals surface area contributed by atoms with Crippen LogP contribution in [0.1, 0.15) is 53.4 Å². The van der Waals surface area contributed by atoms with E-state index in [2.05, 4.69) is 6.92 Å². The molecule has 122 valence electrons. The monoisotopic (exact) mass is 298 g/mol. The topological polar surface area (TPSA) is 84.8 Å². The summed E-state index contributed by atoms with van der Waals surface area (Å²) in [4.78, 5) is 13.7. The number of hydrogen-bond donors (Lipinski definition) is 2. The summed E-state index contributed by atoms with van der Waals surface area (Å²) < 4.78 is 5.38. The Bertz CT molecular complexity index is 368. The number of piperidine rings is 1. The summed E-state index contributed by atoms with van der Waals surface area (Å²) >= 11 is 0. The third kappa shape index (κ3) is 6.25. The number of allylic oxidation sites excluding steroid dienone is 1. The van der Waals surface area contributed by atoms with E-state index in [0.29, 0.717) is 13.1 Å². The van der Waals surface area contributed by atoms with E-state index in [1.54, 1.807) is 9.91 Å². The lowest BCUT2D eigenvalue weighted by molar-refractivity contribution is 0.0165. The molecular formula is C15H30N4O2. The normalized spacial score (nSPS) is 17.8. The van der Waals surface area contributed by atoms with Crippen molar-refractivity contribution in [1.29, 1.82) is 0 Å². The van der Waals surface area contributed by atoms with Crippen LogP contribution >= 0.6 is 0 Å². The molecule has 6 heteroatoms. The van der Waals surface area contributed by atoms with Gasteiger partial charge in [-0.25, -0.2) is 10.6 Å². The minimum Gasteiger partial charge on any atom is -0.444 e. The Morgan fingerprint density at radius 1 is 1.38 bits per heavy atom. The lowest BCUT2D eigenvalue weighted by atomic mass is 10.1. The smallest absolute Gasteiger partial charge is 0.410 e. The van der Waals surface area contributed by atoms with Crippen LogP contribution in [0.4, 0.5) is 4.79 Å². The molecule has 0 saturated carbocycles. The highest BCUT2D eigenvalue weighted by molar-refractivity contribution is 5.68. The van der Waals surface area contributed by atoms with Gasteiger partial charge in [0.15, 0.2) is 0 Å². The highest BCUT2D eigenvalue weighted by atomic mass is 16.6. The summed E-state index contributed by atoms with van der Waals surface area (Å²) in [7, 11) is 0. The highest BCUT2D eigenvalue weighted by Gasteiger charge is 2.28. The largest absolute Gasteiger partial charge is 0.444 e. The van der Waals surface area contributed by atoms with E-state index in [0.717, 1.165) is 31.4 Å². The maximum Gasteiger partial charge on any atom is 0.410 e. The van der Waals surface area contributed by atoms with Crippen molar-refractivity contribution in [2.75, 3.05) is 13.1 Å². The SMILES string of the molecule is CCC/C(N)=C\N(N)C1CCN(C(=O)OC(C)(C)C)CC1. The highest BCUT2D eigenvalue weighted by Crippen LogP contribution is 2.18. The van der Waals surface area contributed by atoms with Crippen molar-refractivity contribution in [2.45, 2.75) is 65.0 Å². The first-order chi connectivity index (χ1) is 9.73. The number of hydrazine groups is 1. The third-order valence-electron chi connectivity index (χ3n) is 3.39. The molecule has 1 amide bonds. The molecule has 0 aromatic carbocycles. The molecule has 0 atom stereocenters. The summed E-state index contributed by atoms with van der Waals surface area (Å²) in [5, 5.41) is 1.69. The second-order valence-electron chi connectivity index (χ2n) is 6.60. The summed E-state index contributed by atoms with van der Waals surface area (Å²) in [5.74, 6) is 6.05. The van der Waals surface area contributed by atoms with Crippen molar-refractivity contribution in [1.82, 2.24) is 9.91 Å². The molecule has 0 aliphatic carbocycles. The minimum atomic E-state index is -0.453. The van der Waals surface area contributed by atoms with E-state index >= 15 is 0 Å². The van der Waals surface area contributed by atoms with Gasteiger partial charge < -0.3 is 20.4 Å². The number of likely N-dealkylation sites (tertiary alicyclic amines) is 1.